The molecule has 2 aromatic heterocycles. The van der Waals surface area contributed by atoms with Gasteiger partial charge < -0.3 is 10.3 Å². The number of H-pyrrole nitrogens is 1. The Hall–Kier alpha value is -2.12. The topological polar surface area (TPSA) is 74.8 Å². The highest BCUT2D eigenvalue weighted by Gasteiger charge is 2.13. The minimum atomic E-state index is -0.169. The molecule has 3 aromatic rings. The number of thiophene rings is 1. The number of aryl methyl sites for hydroxylation is 1. The number of rotatable bonds is 5. The van der Waals surface area contributed by atoms with E-state index in [1.165, 1.54) is 23.1 Å². The Morgan fingerprint density at radius 3 is 2.96 bits per heavy atom. The molecule has 0 saturated carbocycles. The van der Waals surface area contributed by atoms with Crippen LogP contribution in [0.4, 0.5) is 0 Å². The van der Waals surface area contributed by atoms with Crippen LogP contribution in [-0.4, -0.2) is 21.6 Å². The normalized spacial score (nSPS) is 12.2. The molecule has 0 radical (unpaired) electrons. The number of nitrogens with one attached hydrogen (secondary N) is 2. The monoisotopic (exact) mass is 359 g/mol. The Morgan fingerprint density at radius 1 is 1.38 bits per heavy atom. The Morgan fingerprint density at radius 2 is 2.17 bits per heavy atom. The fraction of sp³-hybridized carbons (Fsp3) is 0.235. The van der Waals surface area contributed by atoms with Crippen LogP contribution >= 0.6 is 23.1 Å². The highest BCUT2D eigenvalue weighted by atomic mass is 32.2. The Labute approximate surface area is 147 Å². The summed E-state index contributed by atoms with van der Waals surface area (Å²) >= 11 is 2.64. The quantitative estimate of drug-likeness (QED) is 0.542. The summed E-state index contributed by atoms with van der Waals surface area (Å²) < 4.78 is 0. The number of aromatic amines is 1. The smallest absolute Gasteiger partial charge is 0.260 e. The molecular weight excluding hydrogens is 342 g/mol. The van der Waals surface area contributed by atoms with E-state index in [0.29, 0.717) is 15.4 Å². The average Bonchev–Trinajstić information content (AvgIpc) is 3.02. The average molecular weight is 359 g/mol. The van der Waals surface area contributed by atoms with E-state index in [9.17, 15) is 9.59 Å². The zero-order valence-electron chi connectivity index (χ0n) is 13.3. The van der Waals surface area contributed by atoms with E-state index >= 15 is 0 Å². The van der Waals surface area contributed by atoms with Gasteiger partial charge in [0.25, 0.3) is 5.56 Å². The molecule has 0 fully saturated rings. The van der Waals surface area contributed by atoms with Gasteiger partial charge in [-0.25, -0.2) is 4.98 Å². The predicted molar refractivity (Wildman–Crippen MR) is 98.7 cm³/mol. The van der Waals surface area contributed by atoms with E-state index in [1.54, 1.807) is 6.07 Å². The Bertz CT molecular complexity index is 933. The second kappa shape index (κ2) is 7.19. The molecule has 0 aliphatic carbocycles. The largest absolute Gasteiger partial charge is 0.349 e. The summed E-state index contributed by atoms with van der Waals surface area (Å²) in [4.78, 5) is 31.8. The molecule has 0 aliphatic rings. The Kier molecular flexibility index (Phi) is 5.01. The number of hydrogen-bond donors (Lipinski definition) is 2. The summed E-state index contributed by atoms with van der Waals surface area (Å²) in [5.74, 6) is 0.112. The van der Waals surface area contributed by atoms with Gasteiger partial charge in [-0.1, -0.05) is 36.0 Å². The van der Waals surface area contributed by atoms with Gasteiger partial charge in [0, 0.05) is 0 Å². The molecular formula is C17H17N3O2S2. The molecule has 0 aliphatic heterocycles. The molecule has 0 spiro atoms. The van der Waals surface area contributed by atoms with Crippen LogP contribution in [-0.2, 0) is 4.79 Å². The number of hydrogen-bond acceptors (Lipinski definition) is 5. The molecule has 24 heavy (non-hydrogen) atoms. The van der Waals surface area contributed by atoms with Crippen LogP contribution in [0.15, 0.2) is 45.7 Å². The molecule has 124 valence electrons. The van der Waals surface area contributed by atoms with Crippen molar-refractivity contribution >= 4 is 39.2 Å². The van der Waals surface area contributed by atoms with Gasteiger partial charge in [-0.2, -0.15) is 0 Å². The minimum Gasteiger partial charge on any atom is -0.349 e. The number of carbonyl (C=O) groups is 1. The lowest BCUT2D eigenvalue weighted by molar-refractivity contribution is -0.119. The number of nitrogens with zero attached hydrogens (tertiary/aromatic N) is 1. The van der Waals surface area contributed by atoms with E-state index in [1.807, 2.05) is 43.5 Å². The number of fused-ring (bicyclic) bond motifs is 1. The van der Waals surface area contributed by atoms with Crippen LogP contribution in [0.1, 0.15) is 24.1 Å². The van der Waals surface area contributed by atoms with Crippen LogP contribution in [0, 0.1) is 6.92 Å². The van der Waals surface area contributed by atoms with Gasteiger partial charge in [-0.15, -0.1) is 11.3 Å². The fourth-order valence-corrected chi connectivity index (χ4v) is 3.98. The van der Waals surface area contributed by atoms with Crippen molar-refractivity contribution in [2.75, 3.05) is 5.75 Å². The molecule has 1 amide bonds. The van der Waals surface area contributed by atoms with Crippen LogP contribution in [0.5, 0.6) is 0 Å². The van der Waals surface area contributed by atoms with E-state index in [-0.39, 0.29) is 23.3 Å². The van der Waals surface area contributed by atoms with Crippen molar-refractivity contribution in [1.82, 2.24) is 15.3 Å². The zero-order chi connectivity index (χ0) is 17.1. The molecule has 0 bridgehead atoms. The number of aromatic nitrogens is 2. The first-order chi connectivity index (χ1) is 11.5. The molecule has 1 unspecified atom stereocenters. The van der Waals surface area contributed by atoms with E-state index in [4.69, 9.17) is 0 Å². The fourth-order valence-electron chi connectivity index (χ4n) is 2.48. The summed E-state index contributed by atoms with van der Waals surface area (Å²) in [5.41, 5.74) is 2.08. The van der Waals surface area contributed by atoms with Crippen LogP contribution in [0.25, 0.3) is 10.2 Å². The third-order valence-corrected chi connectivity index (χ3v) is 5.37. The lowest BCUT2D eigenvalue weighted by Gasteiger charge is -2.16. The lowest BCUT2D eigenvalue weighted by Crippen LogP contribution is -2.28. The standard InChI is InChI=1S/C17H17N3O2S2/c1-10-5-3-4-6-12(10)11(2)18-14(21)9-24-17-19-15(22)13-7-8-23-16(13)20-17/h3-8,11H,9H2,1-2H3,(H,18,21)(H,19,20,22). The molecule has 0 saturated heterocycles. The second-order valence-corrected chi connectivity index (χ2v) is 7.30. The number of thioether (sulfide) groups is 1. The first kappa shape index (κ1) is 16.7. The molecule has 2 N–H and O–H groups in total. The maximum absolute atomic E-state index is 12.2. The van der Waals surface area contributed by atoms with Gasteiger partial charge in [0.15, 0.2) is 5.16 Å². The molecule has 2 heterocycles. The first-order valence-corrected chi connectivity index (χ1v) is 9.36. The van der Waals surface area contributed by atoms with Crippen molar-refractivity contribution in [3.63, 3.8) is 0 Å². The summed E-state index contributed by atoms with van der Waals surface area (Å²) in [6.45, 7) is 3.99. The summed E-state index contributed by atoms with van der Waals surface area (Å²) in [6, 6.07) is 9.66. The predicted octanol–water partition coefficient (Wildman–Crippen LogP) is 3.26. The molecule has 7 heteroatoms. The Balaban J connectivity index is 1.62. The van der Waals surface area contributed by atoms with E-state index in [2.05, 4.69) is 15.3 Å². The highest BCUT2D eigenvalue weighted by Crippen LogP contribution is 2.20. The maximum Gasteiger partial charge on any atom is 0.260 e. The van der Waals surface area contributed by atoms with Gasteiger partial charge in [0.1, 0.15) is 4.83 Å². The minimum absolute atomic E-state index is 0.0638. The van der Waals surface area contributed by atoms with Crippen molar-refractivity contribution in [3.8, 4) is 0 Å². The summed E-state index contributed by atoms with van der Waals surface area (Å²) in [5, 5.41) is 5.86. The SMILES string of the molecule is Cc1ccccc1C(C)NC(=O)CSc1nc2sccc2c(=O)[nH]1. The zero-order valence-corrected chi connectivity index (χ0v) is 15.0. The number of carbonyl (C=O) groups excluding carboxylic acids is 1. The van der Waals surface area contributed by atoms with Crippen LogP contribution in [0.2, 0.25) is 0 Å². The van der Waals surface area contributed by atoms with Crippen LogP contribution in [0.3, 0.4) is 0 Å². The molecule has 1 aromatic carbocycles. The van der Waals surface area contributed by atoms with Crippen molar-refractivity contribution in [2.24, 2.45) is 0 Å². The van der Waals surface area contributed by atoms with E-state index < -0.39 is 0 Å². The van der Waals surface area contributed by atoms with Crippen molar-refractivity contribution in [1.29, 1.82) is 0 Å². The summed E-state index contributed by atoms with van der Waals surface area (Å²) in [7, 11) is 0. The van der Waals surface area contributed by atoms with Gasteiger partial charge >= 0.3 is 0 Å². The van der Waals surface area contributed by atoms with Gasteiger partial charge in [-0.3, -0.25) is 9.59 Å². The van der Waals surface area contributed by atoms with Crippen molar-refractivity contribution in [2.45, 2.75) is 25.0 Å². The second-order valence-electron chi connectivity index (χ2n) is 5.44. The summed E-state index contributed by atoms with van der Waals surface area (Å²) in [6.07, 6.45) is 0. The lowest BCUT2D eigenvalue weighted by atomic mass is 10.0. The molecule has 3 rings (SSSR count). The molecule has 1 atom stereocenters. The van der Waals surface area contributed by atoms with Gasteiger partial charge in [0.2, 0.25) is 5.91 Å². The van der Waals surface area contributed by atoms with E-state index in [0.717, 1.165) is 11.1 Å². The van der Waals surface area contributed by atoms with Crippen molar-refractivity contribution < 1.29 is 4.79 Å². The number of amides is 1. The number of benzene rings is 1. The third kappa shape index (κ3) is 3.68. The third-order valence-electron chi connectivity index (χ3n) is 3.69. The van der Waals surface area contributed by atoms with Crippen molar-refractivity contribution in [3.05, 3.63) is 57.2 Å². The van der Waals surface area contributed by atoms with Gasteiger partial charge in [-0.05, 0) is 36.4 Å². The first-order valence-electron chi connectivity index (χ1n) is 7.50. The highest BCUT2D eigenvalue weighted by molar-refractivity contribution is 7.99. The van der Waals surface area contributed by atoms with Gasteiger partial charge in [0.05, 0.1) is 17.2 Å². The maximum atomic E-state index is 12.2. The molecule has 5 nitrogen and oxygen atoms in total. The van der Waals surface area contributed by atoms with Crippen LogP contribution < -0.4 is 10.9 Å².